The summed E-state index contributed by atoms with van der Waals surface area (Å²) in [5, 5.41) is 0. The van der Waals surface area contributed by atoms with Crippen LogP contribution in [0.4, 0.5) is 13.2 Å². The molecule has 1 atom stereocenters. The van der Waals surface area contributed by atoms with Gasteiger partial charge in [-0.3, -0.25) is 4.98 Å². The number of hydrogen-bond acceptors (Lipinski definition) is 4. The maximum absolute atomic E-state index is 12.9. The first-order valence-electron chi connectivity index (χ1n) is 8.21. The van der Waals surface area contributed by atoms with Gasteiger partial charge in [0.05, 0.1) is 17.8 Å². The minimum absolute atomic E-state index is 0.393. The fourth-order valence-electron chi connectivity index (χ4n) is 2.79. The zero-order valence-corrected chi connectivity index (χ0v) is 14.7. The van der Waals surface area contributed by atoms with E-state index in [0.717, 1.165) is 17.7 Å². The molecule has 25 heavy (non-hydrogen) atoms. The summed E-state index contributed by atoms with van der Waals surface area (Å²) in [6.45, 7) is 8.24. The molecule has 0 radical (unpaired) electrons. The summed E-state index contributed by atoms with van der Waals surface area (Å²) in [4.78, 5) is 3.39. The molecule has 1 unspecified atom stereocenters. The van der Waals surface area contributed by atoms with Crippen molar-refractivity contribution < 1.29 is 27.2 Å². The van der Waals surface area contributed by atoms with E-state index in [4.69, 9.17) is 14.0 Å². The minimum atomic E-state index is -4.48. The fraction of sp³-hybridized carbons (Fsp3) is 0.588. The van der Waals surface area contributed by atoms with E-state index in [1.165, 1.54) is 6.07 Å². The second kappa shape index (κ2) is 6.11. The second-order valence-corrected chi connectivity index (χ2v) is 7.34. The van der Waals surface area contributed by atoms with E-state index in [2.05, 4.69) is 4.98 Å². The number of hydrogen-bond donors (Lipinski definition) is 0. The number of aromatic nitrogens is 1. The number of alkyl halides is 3. The fourth-order valence-corrected chi connectivity index (χ4v) is 2.79. The maximum atomic E-state index is 12.9. The van der Waals surface area contributed by atoms with Crippen molar-refractivity contribution in [1.29, 1.82) is 0 Å². The summed E-state index contributed by atoms with van der Waals surface area (Å²) < 4.78 is 56.3. The molecule has 0 aromatic carbocycles. The summed E-state index contributed by atoms with van der Waals surface area (Å²) in [6.07, 6.45) is -1.50. The highest BCUT2D eigenvalue weighted by molar-refractivity contribution is 6.54. The third kappa shape index (κ3) is 3.61. The SMILES string of the molecule is CC1(C)OB(C2=CC(c3ccnc(C(F)(F)F)c3)OCC2)OC1(C)C. The Morgan fingerprint density at radius 1 is 1.16 bits per heavy atom. The number of halogens is 3. The Labute approximate surface area is 145 Å². The van der Waals surface area contributed by atoms with E-state index in [0.29, 0.717) is 18.6 Å². The first-order valence-corrected chi connectivity index (χ1v) is 8.21. The van der Waals surface area contributed by atoms with Gasteiger partial charge in [-0.1, -0.05) is 6.08 Å². The molecule has 3 rings (SSSR count). The van der Waals surface area contributed by atoms with E-state index >= 15 is 0 Å². The Bertz CT molecular complexity index is 672. The van der Waals surface area contributed by atoms with Crippen LogP contribution in [0.15, 0.2) is 29.9 Å². The van der Waals surface area contributed by atoms with Crippen LogP contribution in [0.3, 0.4) is 0 Å². The van der Waals surface area contributed by atoms with Gasteiger partial charge in [0, 0.05) is 6.20 Å². The van der Waals surface area contributed by atoms with Crippen LogP contribution in [0.25, 0.3) is 0 Å². The van der Waals surface area contributed by atoms with E-state index in [1.807, 2.05) is 27.7 Å². The van der Waals surface area contributed by atoms with Crippen LogP contribution in [-0.2, 0) is 20.2 Å². The van der Waals surface area contributed by atoms with Crippen LogP contribution >= 0.6 is 0 Å². The van der Waals surface area contributed by atoms with Gasteiger partial charge in [0.1, 0.15) is 11.8 Å². The van der Waals surface area contributed by atoms with Crippen molar-refractivity contribution in [2.24, 2.45) is 0 Å². The quantitative estimate of drug-likeness (QED) is 0.749. The minimum Gasteiger partial charge on any atom is -0.400 e. The molecule has 3 heterocycles. The van der Waals surface area contributed by atoms with Crippen molar-refractivity contribution in [2.75, 3.05) is 6.61 Å². The van der Waals surface area contributed by atoms with Crippen molar-refractivity contribution >= 4 is 7.12 Å². The highest BCUT2D eigenvalue weighted by Gasteiger charge is 2.52. The van der Waals surface area contributed by atoms with Crippen molar-refractivity contribution in [3.05, 3.63) is 41.1 Å². The molecule has 0 aliphatic carbocycles. The average Bonchev–Trinajstić information content (AvgIpc) is 2.75. The van der Waals surface area contributed by atoms with Crippen LogP contribution in [0.2, 0.25) is 0 Å². The van der Waals surface area contributed by atoms with Crippen LogP contribution in [0.5, 0.6) is 0 Å². The smallest absolute Gasteiger partial charge is 0.400 e. The third-order valence-electron chi connectivity index (χ3n) is 5.01. The van der Waals surface area contributed by atoms with Gasteiger partial charge >= 0.3 is 13.3 Å². The zero-order chi connectivity index (χ0) is 18.5. The summed E-state index contributed by atoms with van der Waals surface area (Å²) >= 11 is 0. The largest absolute Gasteiger partial charge is 0.490 e. The van der Waals surface area contributed by atoms with E-state index < -0.39 is 36.3 Å². The van der Waals surface area contributed by atoms with Crippen molar-refractivity contribution in [3.63, 3.8) is 0 Å². The van der Waals surface area contributed by atoms with Gasteiger partial charge < -0.3 is 14.0 Å². The van der Waals surface area contributed by atoms with Gasteiger partial charge in [0.2, 0.25) is 0 Å². The normalized spacial score (nSPS) is 25.8. The first kappa shape index (κ1) is 18.4. The predicted octanol–water partition coefficient (Wildman–Crippen LogP) is 4.12. The molecule has 0 N–H and O–H groups in total. The van der Waals surface area contributed by atoms with Gasteiger partial charge in [-0.2, -0.15) is 13.2 Å². The molecule has 4 nitrogen and oxygen atoms in total. The van der Waals surface area contributed by atoms with Gasteiger partial charge in [0.15, 0.2) is 0 Å². The topological polar surface area (TPSA) is 40.6 Å². The lowest BCUT2D eigenvalue weighted by Crippen LogP contribution is -2.41. The molecule has 0 saturated carbocycles. The number of ether oxygens (including phenoxy) is 1. The Morgan fingerprint density at radius 3 is 2.40 bits per heavy atom. The van der Waals surface area contributed by atoms with Crippen molar-refractivity contribution in [3.8, 4) is 0 Å². The highest BCUT2D eigenvalue weighted by atomic mass is 19.4. The zero-order valence-electron chi connectivity index (χ0n) is 14.7. The first-order chi connectivity index (χ1) is 11.5. The molecule has 8 heteroatoms. The van der Waals surface area contributed by atoms with Gasteiger partial charge in [0.25, 0.3) is 0 Å². The summed E-state index contributed by atoms with van der Waals surface area (Å²) in [5.41, 5.74) is -0.556. The predicted molar refractivity (Wildman–Crippen MR) is 86.7 cm³/mol. The Hall–Kier alpha value is -1.38. The standard InChI is InChI=1S/C17H21BF3NO3/c1-15(2)16(3,4)25-18(24-15)12-6-8-23-13(10-12)11-5-7-22-14(9-11)17(19,20)21/h5,7,9-10,13H,6,8H2,1-4H3. The Balaban J connectivity index is 1.85. The van der Waals surface area contributed by atoms with Gasteiger partial charge in [-0.15, -0.1) is 0 Å². The van der Waals surface area contributed by atoms with E-state index in [1.54, 1.807) is 6.08 Å². The van der Waals surface area contributed by atoms with Crippen molar-refractivity contribution in [2.45, 2.75) is 57.6 Å². The summed E-state index contributed by atoms with van der Waals surface area (Å²) in [7, 11) is -0.514. The van der Waals surface area contributed by atoms with E-state index in [-0.39, 0.29) is 0 Å². The summed E-state index contributed by atoms with van der Waals surface area (Å²) in [6, 6.07) is 2.55. The molecule has 1 fully saturated rings. The molecule has 2 aliphatic heterocycles. The molecule has 1 aromatic heterocycles. The number of nitrogens with zero attached hydrogens (tertiary/aromatic N) is 1. The lowest BCUT2D eigenvalue weighted by atomic mass is 9.74. The Morgan fingerprint density at radius 2 is 1.80 bits per heavy atom. The van der Waals surface area contributed by atoms with Crippen molar-refractivity contribution in [1.82, 2.24) is 4.98 Å². The molecule has 1 aromatic rings. The molecule has 0 bridgehead atoms. The summed E-state index contributed by atoms with van der Waals surface area (Å²) in [5.74, 6) is 0. The number of rotatable bonds is 2. The molecular formula is C17H21BF3NO3. The molecule has 0 amide bonds. The number of pyridine rings is 1. The van der Waals surface area contributed by atoms with Crippen LogP contribution in [0, 0.1) is 0 Å². The monoisotopic (exact) mass is 355 g/mol. The molecule has 0 spiro atoms. The van der Waals surface area contributed by atoms with Crippen LogP contribution in [-0.4, -0.2) is 29.9 Å². The second-order valence-electron chi connectivity index (χ2n) is 7.34. The third-order valence-corrected chi connectivity index (χ3v) is 5.01. The van der Waals surface area contributed by atoms with Crippen LogP contribution < -0.4 is 0 Å². The molecular weight excluding hydrogens is 334 g/mol. The highest BCUT2D eigenvalue weighted by Crippen LogP contribution is 2.41. The lowest BCUT2D eigenvalue weighted by molar-refractivity contribution is -0.141. The van der Waals surface area contributed by atoms with E-state index in [9.17, 15) is 13.2 Å². The average molecular weight is 355 g/mol. The van der Waals surface area contributed by atoms with Gasteiger partial charge in [-0.05, 0) is 57.3 Å². The maximum Gasteiger partial charge on any atom is 0.490 e. The molecule has 1 saturated heterocycles. The Kier molecular flexibility index (Phi) is 4.50. The van der Waals surface area contributed by atoms with Gasteiger partial charge in [-0.25, -0.2) is 0 Å². The lowest BCUT2D eigenvalue weighted by Gasteiger charge is -2.32. The van der Waals surface area contributed by atoms with Crippen LogP contribution in [0.1, 0.15) is 51.5 Å². The molecule has 136 valence electrons. The molecule has 2 aliphatic rings.